The van der Waals surface area contributed by atoms with Crippen molar-refractivity contribution in [3.63, 3.8) is 0 Å². The highest BCUT2D eigenvalue weighted by Gasteiger charge is 2.29. The standard InChI is InChI=1S/C11H16N2O5/c1-6-3-13-9(18-8(4-14)7(2)15)5-17-11(13)12-10(6)16/h3,7-9,14-15H,4-5H2,1-2H3/t7-,8+,9+/m1/s1. The smallest absolute Gasteiger partial charge is 0.302 e. The van der Waals surface area contributed by atoms with Crippen molar-refractivity contribution in [3.05, 3.63) is 22.1 Å². The summed E-state index contributed by atoms with van der Waals surface area (Å²) in [7, 11) is 0. The van der Waals surface area contributed by atoms with Crippen molar-refractivity contribution < 1.29 is 19.7 Å². The molecule has 2 heterocycles. The zero-order chi connectivity index (χ0) is 13.3. The Balaban J connectivity index is 2.21. The van der Waals surface area contributed by atoms with E-state index in [2.05, 4.69) is 4.98 Å². The van der Waals surface area contributed by atoms with E-state index < -0.39 is 18.4 Å². The van der Waals surface area contributed by atoms with Gasteiger partial charge in [0.05, 0.1) is 12.7 Å². The summed E-state index contributed by atoms with van der Waals surface area (Å²) in [5.74, 6) is 0. The molecule has 0 spiro atoms. The third kappa shape index (κ3) is 2.38. The molecule has 0 amide bonds. The van der Waals surface area contributed by atoms with E-state index in [1.807, 2.05) is 0 Å². The number of aryl methyl sites for hydroxylation is 1. The van der Waals surface area contributed by atoms with Crippen LogP contribution in [0.25, 0.3) is 0 Å². The quantitative estimate of drug-likeness (QED) is 0.732. The van der Waals surface area contributed by atoms with Crippen molar-refractivity contribution in [1.29, 1.82) is 0 Å². The second kappa shape index (κ2) is 5.05. The Morgan fingerprint density at radius 3 is 3.06 bits per heavy atom. The molecule has 0 saturated carbocycles. The molecular formula is C11H16N2O5. The lowest BCUT2D eigenvalue weighted by Gasteiger charge is -2.22. The molecule has 1 aliphatic rings. The Morgan fingerprint density at radius 2 is 2.44 bits per heavy atom. The molecule has 18 heavy (non-hydrogen) atoms. The molecule has 0 bridgehead atoms. The zero-order valence-electron chi connectivity index (χ0n) is 10.2. The van der Waals surface area contributed by atoms with Gasteiger partial charge in [0.2, 0.25) is 0 Å². The number of hydrogen-bond donors (Lipinski definition) is 2. The molecule has 3 atom stereocenters. The van der Waals surface area contributed by atoms with Crippen molar-refractivity contribution in [2.75, 3.05) is 13.2 Å². The topological polar surface area (TPSA) is 93.8 Å². The fourth-order valence-electron chi connectivity index (χ4n) is 1.71. The number of hydrogen-bond acceptors (Lipinski definition) is 6. The van der Waals surface area contributed by atoms with E-state index in [-0.39, 0.29) is 24.8 Å². The third-order valence-electron chi connectivity index (χ3n) is 2.80. The van der Waals surface area contributed by atoms with Crippen LogP contribution in [0, 0.1) is 6.92 Å². The summed E-state index contributed by atoms with van der Waals surface area (Å²) in [5.41, 5.74) is 0.145. The van der Waals surface area contributed by atoms with Crippen molar-refractivity contribution in [3.8, 4) is 6.01 Å². The highest BCUT2D eigenvalue weighted by atomic mass is 16.6. The zero-order valence-corrected chi connectivity index (χ0v) is 10.2. The Kier molecular flexibility index (Phi) is 3.65. The van der Waals surface area contributed by atoms with Crippen LogP contribution < -0.4 is 10.3 Å². The molecule has 1 aliphatic heterocycles. The molecule has 0 radical (unpaired) electrons. The minimum atomic E-state index is -0.799. The van der Waals surface area contributed by atoms with Gasteiger partial charge >= 0.3 is 6.01 Å². The first-order valence-corrected chi connectivity index (χ1v) is 5.70. The molecule has 7 heteroatoms. The first-order chi connectivity index (χ1) is 8.52. The second-order valence-electron chi connectivity index (χ2n) is 4.28. The molecule has 1 aromatic rings. The lowest BCUT2D eigenvalue weighted by atomic mass is 10.2. The van der Waals surface area contributed by atoms with Gasteiger partial charge < -0.3 is 19.7 Å². The molecule has 100 valence electrons. The van der Waals surface area contributed by atoms with E-state index in [1.165, 1.54) is 6.92 Å². The van der Waals surface area contributed by atoms with Gasteiger partial charge in [-0.1, -0.05) is 0 Å². The van der Waals surface area contributed by atoms with Crippen LogP contribution in [0.4, 0.5) is 0 Å². The summed E-state index contributed by atoms with van der Waals surface area (Å²) >= 11 is 0. The molecule has 0 aliphatic carbocycles. The summed E-state index contributed by atoms with van der Waals surface area (Å²) in [4.78, 5) is 15.1. The fourth-order valence-corrected chi connectivity index (χ4v) is 1.71. The van der Waals surface area contributed by atoms with Gasteiger partial charge in [-0.05, 0) is 13.8 Å². The molecule has 1 aromatic heterocycles. The lowest BCUT2D eigenvalue weighted by molar-refractivity contribution is -0.117. The lowest BCUT2D eigenvalue weighted by Crippen LogP contribution is -2.33. The number of nitrogens with zero attached hydrogens (tertiary/aromatic N) is 2. The number of ether oxygens (including phenoxy) is 2. The van der Waals surface area contributed by atoms with Gasteiger partial charge in [-0.15, -0.1) is 0 Å². The minimum absolute atomic E-state index is 0.192. The van der Waals surface area contributed by atoms with Gasteiger partial charge in [0.1, 0.15) is 12.7 Å². The maximum Gasteiger partial charge on any atom is 0.302 e. The summed E-state index contributed by atoms with van der Waals surface area (Å²) in [5, 5.41) is 18.5. The third-order valence-corrected chi connectivity index (χ3v) is 2.80. The predicted octanol–water partition coefficient (Wildman–Crippen LogP) is -0.799. The van der Waals surface area contributed by atoms with Gasteiger partial charge in [0.25, 0.3) is 5.56 Å². The van der Waals surface area contributed by atoms with Gasteiger partial charge in [0, 0.05) is 11.8 Å². The summed E-state index contributed by atoms with van der Waals surface area (Å²) in [6, 6.07) is 0.192. The second-order valence-corrected chi connectivity index (χ2v) is 4.28. The van der Waals surface area contributed by atoms with Crippen molar-refractivity contribution in [2.24, 2.45) is 0 Å². The predicted molar refractivity (Wildman–Crippen MR) is 61.4 cm³/mol. The van der Waals surface area contributed by atoms with Gasteiger partial charge in [-0.3, -0.25) is 9.36 Å². The van der Waals surface area contributed by atoms with Crippen LogP contribution >= 0.6 is 0 Å². The maximum absolute atomic E-state index is 11.3. The molecular weight excluding hydrogens is 240 g/mol. The Morgan fingerprint density at radius 1 is 1.72 bits per heavy atom. The van der Waals surface area contributed by atoms with Gasteiger partial charge in [0.15, 0.2) is 6.23 Å². The normalized spacial score (nSPS) is 21.2. The van der Waals surface area contributed by atoms with Crippen molar-refractivity contribution in [2.45, 2.75) is 32.3 Å². The number of aliphatic hydroxyl groups excluding tert-OH is 2. The summed E-state index contributed by atoms with van der Waals surface area (Å²) in [6.45, 7) is 3.08. The summed E-state index contributed by atoms with van der Waals surface area (Å²) < 4.78 is 12.4. The Hall–Kier alpha value is -1.44. The molecule has 2 rings (SSSR count). The molecule has 2 N–H and O–H groups in total. The number of aromatic nitrogens is 2. The molecule has 7 nitrogen and oxygen atoms in total. The monoisotopic (exact) mass is 256 g/mol. The Labute approximate surface area is 104 Å². The average molecular weight is 256 g/mol. The van der Waals surface area contributed by atoms with Crippen LogP contribution in [0.1, 0.15) is 18.7 Å². The summed E-state index contributed by atoms with van der Waals surface area (Å²) in [6.07, 6.45) is -0.408. The fraction of sp³-hybridized carbons (Fsp3) is 0.636. The van der Waals surface area contributed by atoms with Crippen molar-refractivity contribution in [1.82, 2.24) is 9.55 Å². The number of rotatable bonds is 4. The van der Waals surface area contributed by atoms with Gasteiger partial charge in [-0.2, -0.15) is 4.98 Å². The molecule has 0 fully saturated rings. The largest absolute Gasteiger partial charge is 0.460 e. The van der Waals surface area contributed by atoms with E-state index in [4.69, 9.17) is 14.6 Å². The van der Waals surface area contributed by atoms with Crippen LogP contribution in [0.3, 0.4) is 0 Å². The SMILES string of the molecule is Cc1cn2c(nc1=O)OC[C@@H]2O[C@@H](CO)[C@@H](C)O. The van der Waals surface area contributed by atoms with E-state index in [0.29, 0.717) is 5.56 Å². The molecule has 0 unspecified atom stereocenters. The van der Waals surface area contributed by atoms with Crippen LogP contribution in [0.5, 0.6) is 6.01 Å². The van der Waals surface area contributed by atoms with Crippen LogP contribution in [0.2, 0.25) is 0 Å². The van der Waals surface area contributed by atoms with E-state index in [1.54, 1.807) is 17.7 Å². The van der Waals surface area contributed by atoms with Crippen LogP contribution in [0.15, 0.2) is 11.0 Å². The average Bonchev–Trinajstić information content (AvgIpc) is 2.69. The first-order valence-electron chi connectivity index (χ1n) is 5.70. The van der Waals surface area contributed by atoms with E-state index in [9.17, 15) is 9.90 Å². The van der Waals surface area contributed by atoms with Crippen LogP contribution in [-0.4, -0.2) is 45.2 Å². The number of aliphatic hydroxyl groups is 2. The highest BCUT2D eigenvalue weighted by molar-refractivity contribution is 5.11. The van der Waals surface area contributed by atoms with Crippen molar-refractivity contribution >= 4 is 0 Å². The van der Waals surface area contributed by atoms with Crippen LogP contribution in [-0.2, 0) is 4.74 Å². The maximum atomic E-state index is 11.3. The molecule has 0 aromatic carbocycles. The molecule has 0 saturated heterocycles. The number of fused-ring (bicyclic) bond motifs is 1. The van der Waals surface area contributed by atoms with Gasteiger partial charge in [-0.25, -0.2) is 0 Å². The van der Waals surface area contributed by atoms with E-state index in [0.717, 1.165) is 0 Å². The van der Waals surface area contributed by atoms with E-state index >= 15 is 0 Å². The highest BCUT2D eigenvalue weighted by Crippen LogP contribution is 2.25. The Bertz CT molecular complexity index is 485. The minimum Gasteiger partial charge on any atom is -0.460 e. The first kappa shape index (κ1) is 13.0.